The number of nitrogens with one attached hydrogen (secondary N) is 2. The zero-order valence-electron chi connectivity index (χ0n) is 12.6. The Morgan fingerprint density at radius 1 is 1.32 bits per heavy atom. The molecule has 0 bridgehead atoms. The molecule has 0 spiro atoms. The maximum absolute atomic E-state index is 12.2. The van der Waals surface area contributed by atoms with Crippen molar-refractivity contribution in [1.82, 2.24) is 14.3 Å². The summed E-state index contributed by atoms with van der Waals surface area (Å²) in [6.45, 7) is 10.9. The smallest absolute Gasteiger partial charge is 0.279 e. The number of hydrogen-bond donors (Lipinski definition) is 2. The maximum atomic E-state index is 12.2. The molecule has 0 aliphatic carbocycles. The van der Waals surface area contributed by atoms with Crippen molar-refractivity contribution in [2.75, 3.05) is 26.2 Å². The Morgan fingerprint density at radius 2 is 2.00 bits per heavy atom. The van der Waals surface area contributed by atoms with Gasteiger partial charge in [-0.25, -0.2) is 4.72 Å². The highest BCUT2D eigenvalue weighted by Gasteiger charge is 2.33. The summed E-state index contributed by atoms with van der Waals surface area (Å²) < 4.78 is 28.7. The molecule has 5 nitrogen and oxygen atoms in total. The SMILES string of the molecule is CCNC1CCN(S(=O)(=O)NCC(C)C)CC1CC. The lowest BCUT2D eigenvalue weighted by atomic mass is 9.91. The second kappa shape index (κ2) is 7.57. The highest BCUT2D eigenvalue weighted by Crippen LogP contribution is 2.21. The molecule has 0 amide bonds. The quantitative estimate of drug-likeness (QED) is 0.740. The van der Waals surface area contributed by atoms with Crippen LogP contribution in [-0.2, 0) is 10.2 Å². The standard InChI is InChI=1S/C13H29N3O2S/c1-5-12-10-16(8-7-13(12)14-6-2)19(17,18)15-9-11(3)4/h11-15H,5-10H2,1-4H3. The van der Waals surface area contributed by atoms with Crippen molar-refractivity contribution in [2.24, 2.45) is 11.8 Å². The van der Waals surface area contributed by atoms with Crippen LogP contribution in [0.5, 0.6) is 0 Å². The molecule has 1 saturated heterocycles. The van der Waals surface area contributed by atoms with Crippen molar-refractivity contribution in [3.05, 3.63) is 0 Å². The zero-order chi connectivity index (χ0) is 14.5. The Labute approximate surface area is 118 Å². The first-order valence-electron chi connectivity index (χ1n) is 7.38. The second-order valence-electron chi connectivity index (χ2n) is 5.73. The van der Waals surface area contributed by atoms with Crippen molar-refractivity contribution in [1.29, 1.82) is 0 Å². The molecule has 1 aliphatic rings. The Morgan fingerprint density at radius 3 is 2.53 bits per heavy atom. The van der Waals surface area contributed by atoms with Crippen LogP contribution in [0.3, 0.4) is 0 Å². The molecule has 0 aromatic rings. The van der Waals surface area contributed by atoms with E-state index >= 15 is 0 Å². The van der Waals surface area contributed by atoms with Gasteiger partial charge in [-0.15, -0.1) is 0 Å². The predicted octanol–water partition coefficient (Wildman–Crippen LogP) is 1.19. The van der Waals surface area contributed by atoms with E-state index in [0.29, 0.717) is 37.5 Å². The van der Waals surface area contributed by atoms with Gasteiger partial charge in [-0.2, -0.15) is 12.7 Å². The van der Waals surface area contributed by atoms with Gasteiger partial charge in [0.15, 0.2) is 0 Å². The third-order valence-corrected chi connectivity index (χ3v) is 5.24. The van der Waals surface area contributed by atoms with E-state index in [0.717, 1.165) is 19.4 Å². The highest BCUT2D eigenvalue weighted by atomic mass is 32.2. The lowest BCUT2D eigenvalue weighted by molar-refractivity contribution is 0.202. The lowest BCUT2D eigenvalue weighted by Gasteiger charge is -2.37. The first-order valence-corrected chi connectivity index (χ1v) is 8.82. The molecule has 19 heavy (non-hydrogen) atoms. The summed E-state index contributed by atoms with van der Waals surface area (Å²) >= 11 is 0. The molecule has 0 aromatic heterocycles. The second-order valence-corrected chi connectivity index (χ2v) is 7.48. The van der Waals surface area contributed by atoms with Crippen molar-refractivity contribution in [2.45, 2.75) is 46.6 Å². The summed E-state index contributed by atoms with van der Waals surface area (Å²) in [4.78, 5) is 0. The zero-order valence-corrected chi connectivity index (χ0v) is 13.5. The molecule has 0 aromatic carbocycles. The van der Waals surface area contributed by atoms with Gasteiger partial charge in [0.2, 0.25) is 0 Å². The van der Waals surface area contributed by atoms with Crippen LogP contribution in [0.1, 0.15) is 40.5 Å². The minimum atomic E-state index is -3.30. The van der Waals surface area contributed by atoms with Crippen LogP contribution in [0.15, 0.2) is 0 Å². The minimum Gasteiger partial charge on any atom is -0.314 e. The Balaban J connectivity index is 2.61. The largest absolute Gasteiger partial charge is 0.314 e. The van der Waals surface area contributed by atoms with E-state index in [2.05, 4.69) is 23.9 Å². The lowest BCUT2D eigenvalue weighted by Crippen LogP contribution is -2.53. The molecule has 1 heterocycles. The average Bonchev–Trinajstić information content (AvgIpc) is 2.37. The van der Waals surface area contributed by atoms with Crippen LogP contribution < -0.4 is 10.0 Å². The van der Waals surface area contributed by atoms with Gasteiger partial charge >= 0.3 is 0 Å². The number of piperidine rings is 1. The van der Waals surface area contributed by atoms with Gasteiger partial charge in [0.05, 0.1) is 0 Å². The molecule has 1 rings (SSSR count). The molecule has 114 valence electrons. The van der Waals surface area contributed by atoms with Crippen molar-refractivity contribution < 1.29 is 8.42 Å². The van der Waals surface area contributed by atoms with Crippen LogP contribution in [0, 0.1) is 11.8 Å². The summed E-state index contributed by atoms with van der Waals surface area (Å²) in [6.07, 6.45) is 1.91. The molecule has 2 unspecified atom stereocenters. The molecule has 0 saturated carbocycles. The van der Waals surface area contributed by atoms with Gasteiger partial charge in [-0.1, -0.05) is 34.1 Å². The minimum absolute atomic E-state index is 0.330. The van der Waals surface area contributed by atoms with E-state index in [1.54, 1.807) is 4.31 Å². The van der Waals surface area contributed by atoms with E-state index < -0.39 is 10.2 Å². The third kappa shape index (κ3) is 5.02. The van der Waals surface area contributed by atoms with Gasteiger partial charge in [0, 0.05) is 25.7 Å². The van der Waals surface area contributed by atoms with E-state index in [9.17, 15) is 8.42 Å². The fraction of sp³-hybridized carbons (Fsp3) is 1.00. The van der Waals surface area contributed by atoms with Gasteiger partial charge in [-0.3, -0.25) is 0 Å². The van der Waals surface area contributed by atoms with Crippen LogP contribution in [-0.4, -0.2) is 44.9 Å². The van der Waals surface area contributed by atoms with E-state index in [4.69, 9.17) is 0 Å². The monoisotopic (exact) mass is 291 g/mol. The van der Waals surface area contributed by atoms with Gasteiger partial charge in [0.1, 0.15) is 0 Å². The molecule has 1 fully saturated rings. The summed E-state index contributed by atoms with van der Waals surface area (Å²) in [5.74, 6) is 0.736. The fourth-order valence-corrected chi connectivity index (χ4v) is 3.98. The molecule has 6 heteroatoms. The summed E-state index contributed by atoms with van der Waals surface area (Å²) in [7, 11) is -3.30. The van der Waals surface area contributed by atoms with E-state index in [-0.39, 0.29) is 0 Å². The Hall–Kier alpha value is -0.170. The highest BCUT2D eigenvalue weighted by molar-refractivity contribution is 7.87. The van der Waals surface area contributed by atoms with Gasteiger partial charge in [-0.05, 0) is 24.8 Å². The molecule has 2 atom stereocenters. The fourth-order valence-electron chi connectivity index (χ4n) is 2.52. The molecule has 0 radical (unpaired) electrons. The first kappa shape index (κ1) is 16.9. The Bertz CT molecular complexity index is 357. The first-order chi connectivity index (χ1) is 8.90. The van der Waals surface area contributed by atoms with Gasteiger partial charge < -0.3 is 5.32 Å². The molecule has 1 aliphatic heterocycles. The maximum Gasteiger partial charge on any atom is 0.279 e. The summed E-state index contributed by atoms with van der Waals surface area (Å²) in [5.41, 5.74) is 0. The van der Waals surface area contributed by atoms with Gasteiger partial charge in [0.25, 0.3) is 10.2 Å². The Kier molecular flexibility index (Phi) is 6.73. The normalized spacial score (nSPS) is 25.9. The average molecular weight is 291 g/mol. The summed E-state index contributed by atoms with van der Waals surface area (Å²) in [6, 6.07) is 0.451. The van der Waals surface area contributed by atoms with Crippen LogP contribution >= 0.6 is 0 Å². The third-order valence-electron chi connectivity index (χ3n) is 3.70. The van der Waals surface area contributed by atoms with Crippen LogP contribution in [0.4, 0.5) is 0 Å². The van der Waals surface area contributed by atoms with E-state index in [1.807, 2.05) is 13.8 Å². The van der Waals surface area contributed by atoms with Crippen molar-refractivity contribution in [3.8, 4) is 0 Å². The predicted molar refractivity (Wildman–Crippen MR) is 79.2 cm³/mol. The molecular formula is C13H29N3O2S. The van der Waals surface area contributed by atoms with Crippen molar-refractivity contribution in [3.63, 3.8) is 0 Å². The topological polar surface area (TPSA) is 61.4 Å². The number of hydrogen-bond acceptors (Lipinski definition) is 3. The van der Waals surface area contributed by atoms with E-state index in [1.165, 1.54) is 0 Å². The molecular weight excluding hydrogens is 262 g/mol. The summed E-state index contributed by atoms with van der Waals surface area (Å²) in [5, 5.41) is 3.47. The molecule has 2 N–H and O–H groups in total. The van der Waals surface area contributed by atoms with Crippen LogP contribution in [0.25, 0.3) is 0 Å². The number of nitrogens with zero attached hydrogens (tertiary/aromatic N) is 1. The number of rotatable bonds is 7. The van der Waals surface area contributed by atoms with Crippen LogP contribution in [0.2, 0.25) is 0 Å². The van der Waals surface area contributed by atoms with Crippen molar-refractivity contribution >= 4 is 10.2 Å².